The van der Waals surface area contributed by atoms with E-state index in [0.717, 1.165) is 0 Å². The molecular formula is C28H22N2O5. The third-order valence-corrected chi connectivity index (χ3v) is 6.11. The number of anilines is 1. The summed E-state index contributed by atoms with van der Waals surface area (Å²) < 4.78 is 6.78. The van der Waals surface area contributed by atoms with E-state index in [1.807, 2.05) is 18.2 Å². The summed E-state index contributed by atoms with van der Waals surface area (Å²) >= 11 is 0. The maximum atomic E-state index is 13.4. The monoisotopic (exact) mass is 466 g/mol. The molecule has 0 unspecified atom stereocenters. The van der Waals surface area contributed by atoms with Crippen molar-refractivity contribution in [1.29, 1.82) is 0 Å². The number of Topliss-reactive ketones (excluding diaryl/α,β-unsaturated/α-hetero) is 1. The number of aryl methyl sites for hydroxylation is 1. The van der Waals surface area contributed by atoms with E-state index in [4.69, 9.17) is 4.42 Å². The summed E-state index contributed by atoms with van der Waals surface area (Å²) in [7, 11) is 1.62. The first-order chi connectivity index (χ1) is 16.9. The zero-order valence-electron chi connectivity index (χ0n) is 18.9. The fraction of sp³-hybridized carbons (Fsp3) is 0.107. The molecule has 0 bridgehead atoms. The van der Waals surface area contributed by atoms with Crippen molar-refractivity contribution in [2.24, 2.45) is 7.05 Å². The Labute approximate surface area is 199 Å². The van der Waals surface area contributed by atoms with Crippen LogP contribution in [0.15, 0.2) is 98.9 Å². The Morgan fingerprint density at radius 1 is 0.971 bits per heavy atom. The Morgan fingerprint density at radius 2 is 1.66 bits per heavy atom. The first-order valence-corrected chi connectivity index (χ1v) is 11.1. The number of rotatable bonds is 6. The highest BCUT2D eigenvalue weighted by atomic mass is 16.4. The zero-order valence-corrected chi connectivity index (χ0v) is 18.9. The van der Waals surface area contributed by atoms with Gasteiger partial charge in [0, 0.05) is 29.9 Å². The van der Waals surface area contributed by atoms with Crippen LogP contribution in [-0.2, 0) is 7.05 Å². The van der Waals surface area contributed by atoms with E-state index in [-0.39, 0.29) is 23.3 Å². The average molecular weight is 466 g/mol. The van der Waals surface area contributed by atoms with E-state index in [9.17, 15) is 19.5 Å². The Kier molecular flexibility index (Phi) is 5.66. The van der Waals surface area contributed by atoms with Crippen molar-refractivity contribution in [3.8, 4) is 5.75 Å². The van der Waals surface area contributed by atoms with Gasteiger partial charge in [-0.3, -0.25) is 9.59 Å². The van der Waals surface area contributed by atoms with Crippen LogP contribution in [0.1, 0.15) is 28.4 Å². The molecule has 3 aromatic carbocycles. The van der Waals surface area contributed by atoms with Gasteiger partial charge in [0.1, 0.15) is 16.9 Å². The minimum atomic E-state index is -0.904. The maximum Gasteiger partial charge on any atom is 0.347 e. The molecule has 0 spiro atoms. The van der Waals surface area contributed by atoms with Crippen molar-refractivity contribution in [2.45, 2.75) is 12.5 Å². The molecule has 2 N–H and O–H groups in total. The Bertz CT molecular complexity index is 1690. The van der Waals surface area contributed by atoms with Gasteiger partial charge in [-0.1, -0.05) is 48.5 Å². The summed E-state index contributed by atoms with van der Waals surface area (Å²) in [6.45, 7) is 0. The van der Waals surface area contributed by atoms with Crippen molar-refractivity contribution >= 4 is 33.3 Å². The molecule has 1 atom stereocenters. The predicted molar refractivity (Wildman–Crippen MR) is 135 cm³/mol. The molecular weight excluding hydrogens is 444 g/mol. The normalized spacial score (nSPS) is 12.0. The highest BCUT2D eigenvalue weighted by molar-refractivity contribution is 5.99. The van der Waals surface area contributed by atoms with E-state index >= 15 is 0 Å². The van der Waals surface area contributed by atoms with E-state index in [1.54, 1.807) is 67.7 Å². The van der Waals surface area contributed by atoms with Crippen molar-refractivity contribution < 1.29 is 14.3 Å². The van der Waals surface area contributed by atoms with Gasteiger partial charge in [-0.05, 0) is 36.4 Å². The van der Waals surface area contributed by atoms with Crippen LogP contribution in [0.2, 0.25) is 0 Å². The topological polar surface area (TPSA) is 102 Å². The van der Waals surface area contributed by atoms with E-state index < -0.39 is 23.0 Å². The lowest BCUT2D eigenvalue weighted by atomic mass is 9.96. The van der Waals surface area contributed by atoms with Crippen LogP contribution in [0.5, 0.6) is 5.75 Å². The molecule has 0 aliphatic carbocycles. The Morgan fingerprint density at radius 3 is 2.46 bits per heavy atom. The smallest absolute Gasteiger partial charge is 0.347 e. The van der Waals surface area contributed by atoms with Crippen LogP contribution >= 0.6 is 0 Å². The molecule has 7 heteroatoms. The van der Waals surface area contributed by atoms with Crippen LogP contribution < -0.4 is 16.5 Å². The number of aromatic hydroxyl groups is 1. The molecule has 0 aliphatic rings. The summed E-state index contributed by atoms with van der Waals surface area (Å²) in [5.74, 6) is -0.706. The van der Waals surface area contributed by atoms with Gasteiger partial charge >= 0.3 is 5.63 Å². The van der Waals surface area contributed by atoms with Gasteiger partial charge in [0.15, 0.2) is 5.78 Å². The van der Waals surface area contributed by atoms with Crippen LogP contribution in [-0.4, -0.2) is 15.5 Å². The summed E-state index contributed by atoms with van der Waals surface area (Å²) in [5, 5.41) is 15.4. The van der Waals surface area contributed by atoms with Crippen molar-refractivity contribution in [1.82, 2.24) is 4.57 Å². The van der Waals surface area contributed by atoms with E-state index in [1.165, 1.54) is 10.6 Å². The van der Waals surface area contributed by atoms with Crippen molar-refractivity contribution in [3.63, 3.8) is 0 Å². The SMILES string of the molecule is Cn1c(=O)c([C@H](CC(=O)c2cc3ccccc3oc2=O)Nc2ccccc2)c(O)c2ccccc21. The van der Waals surface area contributed by atoms with Gasteiger partial charge in [0.2, 0.25) is 0 Å². The van der Waals surface area contributed by atoms with E-state index in [2.05, 4.69) is 5.32 Å². The Hall–Kier alpha value is -4.65. The largest absolute Gasteiger partial charge is 0.507 e. The molecule has 2 aromatic heterocycles. The third kappa shape index (κ3) is 4.08. The molecule has 0 radical (unpaired) electrons. The summed E-state index contributed by atoms with van der Waals surface area (Å²) in [4.78, 5) is 39.3. The highest BCUT2D eigenvalue weighted by Crippen LogP contribution is 2.33. The van der Waals surface area contributed by atoms with Gasteiger partial charge in [-0.15, -0.1) is 0 Å². The molecule has 5 rings (SSSR count). The molecule has 0 saturated heterocycles. The maximum absolute atomic E-state index is 13.4. The third-order valence-electron chi connectivity index (χ3n) is 6.11. The van der Waals surface area contributed by atoms with Gasteiger partial charge in [0.25, 0.3) is 5.56 Å². The van der Waals surface area contributed by atoms with E-state index in [0.29, 0.717) is 27.6 Å². The van der Waals surface area contributed by atoms with Crippen LogP contribution in [0.25, 0.3) is 21.9 Å². The number of nitrogens with one attached hydrogen (secondary N) is 1. The minimum absolute atomic E-state index is 0.0496. The van der Waals surface area contributed by atoms with Gasteiger partial charge in [0.05, 0.1) is 17.1 Å². The van der Waals surface area contributed by atoms with Crippen molar-refractivity contribution in [3.05, 3.63) is 117 Å². The first kappa shape index (κ1) is 22.2. The number of hydrogen-bond donors (Lipinski definition) is 2. The van der Waals surface area contributed by atoms with Crippen molar-refractivity contribution in [2.75, 3.05) is 5.32 Å². The van der Waals surface area contributed by atoms with Crippen LogP contribution in [0.4, 0.5) is 5.69 Å². The summed E-state index contributed by atoms with van der Waals surface area (Å²) in [6, 6.07) is 23.6. The number of benzene rings is 3. The minimum Gasteiger partial charge on any atom is -0.507 e. The molecule has 35 heavy (non-hydrogen) atoms. The second-order valence-electron chi connectivity index (χ2n) is 8.32. The molecule has 0 aliphatic heterocycles. The van der Waals surface area contributed by atoms with Gasteiger partial charge in [-0.2, -0.15) is 0 Å². The first-order valence-electron chi connectivity index (χ1n) is 11.1. The van der Waals surface area contributed by atoms with Crippen LogP contribution in [0.3, 0.4) is 0 Å². The highest BCUT2D eigenvalue weighted by Gasteiger charge is 2.27. The number of carbonyl (C=O) groups excluding carboxylic acids is 1. The average Bonchev–Trinajstić information content (AvgIpc) is 2.87. The molecule has 0 amide bonds. The number of nitrogens with zero attached hydrogens (tertiary/aromatic N) is 1. The fourth-order valence-electron chi connectivity index (χ4n) is 4.33. The zero-order chi connectivity index (χ0) is 24.5. The quantitative estimate of drug-likeness (QED) is 0.276. The van der Waals surface area contributed by atoms with Gasteiger partial charge in [-0.25, -0.2) is 4.79 Å². The Balaban J connectivity index is 1.63. The number of pyridine rings is 1. The number of para-hydroxylation sites is 3. The second-order valence-corrected chi connectivity index (χ2v) is 8.32. The predicted octanol–water partition coefficient (Wildman–Crippen LogP) is 4.78. The molecule has 0 fully saturated rings. The number of hydrogen-bond acceptors (Lipinski definition) is 6. The second kappa shape index (κ2) is 8.95. The number of ketones is 1. The summed E-state index contributed by atoms with van der Waals surface area (Å²) in [5.41, 5.74) is 0.364. The van der Waals surface area contributed by atoms with Gasteiger partial charge < -0.3 is 19.4 Å². The molecule has 174 valence electrons. The standard InChI is InChI=1S/C28H22N2O5/c1-30-22-13-7-6-12-19(22)26(32)25(27(30)33)21(29-18-10-3-2-4-11-18)16-23(31)20-15-17-9-5-8-14-24(17)35-28(20)34/h2-15,21,29,32H,16H2,1H3/t21-/m0/s1. The molecule has 0 saturated carbocycles. The fourth-order valence-corrected chi connectivity index (χ4v) is 4.33. The summed E-state index contributed by atoms with van der Waals surface area (Å²) in [6.07, 6.45) is -0.251. The number of aromatic nitrogens is 1. The lowest BCUT2D eigenvalue weighted by molar-refractivity contribution is 0.0973. The lowest BCUT2D eigenvalue weighted by Crippen LogP contribution is -2.29. The number of carbonyl (C=O) groups is 1. The lowest BCUT2D eigenvalue weighted by Gasteiger charge is -2.22. The molecule has 2 heterocycles. The van der Waals surface area contributed by atoms with Crippen LogP contribution in [0, 0.1) is 0 Å². The molecule has 5 aromatic rings. The number of fused-ring (bicyclic) bond motifs is 2. The molecule has 7 nitrogen and oxygen atoms in total.